The third kappa shape index (κ3) is 4.12. The van der Waals surface area contributed by atoms with Gasteiger partial charge in [0, 0.05) is 25.4 Å². The van der Waals surface area contributed by atoms with Gasteiger partial charge in [0.25, 0.3) is 0 Å². The van der Waals surface area contributed by atoms with Crippen LogP contribution in [0.2, 0.25) is 0 Å². The van der Waals surface area contributed by atoms with Gasteiger partial charge in [-0.25, -0.2) is 0 Å². The van der Waals surface area contributed by atoms with Crippen LogP contribution in [0.15, 0.2) is 36.5 Å². The monoisotopic (exact) mass is 301 g/mol. The van der Waals surface area contributed by atoms with Gasteiger partial charge < -0.3 is 15.5 Å². The first-order valence-electron chi connectivity index (χ1n) is 6.93. The average Bonchev–Trinajstić information content (AvgIpc) is 2.86. The molecule has 22 heavy (non-hydrogen) atoms. The second-order valence-corrected chi connectivity index (χ2v) is 5.15. The summed E-state index contributed by atoms with van der Waals surface area (Å²) in [5.41, 5.74) is 1.67. The lowest BCUT2D eigenvalue weighted by Gasteiger charge is -2.13. The predicted molar refractivity (Wildman–Crippen MR) is 83.3 cm³/mol. The zero-order chi connectivity index (χ0) is 16.1. The second-order valence-electron chi connectivity index (χ2n) is 5.15. The lowest BCUT2D eigenvalue weighted by atomic mass is 10.1. The SMILES string of the molecule is CC(Cc1ccc(O)c(O)c1)NC(=O)C=Cc1ccnn1C. The maximum absolute atomic E-state index is 11.9. The number of phenols is 2. The first-order chi connectivity index (χ1) is 10.5. The quantitative estimate of drug-likeness (QED) is 0.578. The van der Waals surface area contributed by atoms with Gasteiger partial charge in [-0.15, -0.1) is 0 Å². The summed E-state index contributed by atoms with van der Waals surface area (Å²) in [6.07, 6.45) is 5.37. The number of rotatable bonds is 5. The number of phenolic OH excluding ortho intramolecular Hbond substituents is 2. The molecule has 1 aromatic heterocycles. The number of carbonyl (C=O) groups excluding carboxylic acids is 1. The van der Waals surface area contributed by atoms with Gasteiger partial charge in [0.1, 0.15) is 0 Å². The Kier molecular flexibility index (Phi) is 4.83. The van der Waals surface area contributed by atoms with Crippen molar-refractivity contribution in [3.8, 4) is 11.5 Å². The van der Waals surface area contributed by atoms with E-state index in [4.69, 9.17) is 0 Å². The molecule has 1 aromatic carbocycles. The molecule has 1 unspecified atom stereocenters. The number of aryl methyl sites for hydroxylation is 1. The number of hydrogen-bond donors (Lipinski definition) is 3. The molecule has 0 radical (unpaired) electrons. The Bertz CT molecular complexity index is 692. The van der Waals surface area contributed by atoms with Crippen molar-refractivity contribution in [2.75, 3.05) is 0 Å². The minimum absolute atomic E-state index is 0.104. The van der Waals surface area contributed by atoms with Crippen molar-refractivity contribution in [3.05, 3.63) is 47.8 Å². The van der Waals surface area contributed by atoms with E-state index in [0.717, 1.165) is 11.3 Å². The molecule has 2 rings (SSSR count). The van der Waals surface area contributed by atoms with Crippen molar-refractivity contribution in [3.63, 3.8) is 0 Å². The predicted octanol–water partition coefficient (Wildman–Crippen LogP) is 1.59. The summed E-state index contributed by atoms with van der Waals surface area (Å²) >= 11 is 0. The number of carbonyl (C=O) groups is 1. The van der Waals surface area contributed by atoms with Crippen molar-refractivity contribution in [2.24, 2.45) is 7.05 Å². The molecule has 0 aliphatic rings. The van der Waals surface area contributed by atoms with Crippen LogP contribution in [0.5, 0.6) is 11.5 Å². The fourth-order valence-corrected chi connectivity index (χ4v) is 2.10. The standard InChI is InChI=1S/C16H19N3O3/c1-11(9-12-3-5-14(20)15(21)10-12)18-16(22)6-4-13-7-8-17-19(13)2/h3-8,10-11,20-21H,9H2,1-2H3,(H,18,22). The molecule has 0 saturated carbocycles. The third-order valence-corrected chi connectivity index (χ3v) is 3.23. The van der Waals surface area contributed by atoms with Gasteiger partial charge in [-0.3, -0.25) is 9.48 Å². The van der Waals surface area contributed by atoms with E-state index < -0.39 is 0 Å². The minimum Gasteiger partial charge on any atom is -0.504 e. The maximum atomic E-state index is 11.9. The Labute approximate surface area is 128 Å². The Morgan fingerprint density at radius 1 is 1.36 bits per heavy atom. The van der Waals surface area contributed by atoms with Crippen LogP contribution < -0.4 is 5.32 Å². The summed E-state index contributed by atoms with van der Waals surface area (Å²) < 4.78 is 1.67. The summed E-state index contributed by atoms with van der Waals surface area (Å²) in [6.45, 7) is 1.87. The highest BCUT2D eigenvalue weighted by Crippen LogP contribution is 2.25. The molecule has 3 N–H and O–H groups in total. The molecule has 0 saturated heterocycles. The Morgan fingerprint density at radius 2 is 2.14 bits per heavy atom. The van der Waals surface area contributed by atoms with E-state index in [1.165, 1.54) is 18.2 Å². The van der Waals surface area contributed by atoms with Gasteiger partial charge in [-0.1, -0.05) is 6.07 Å². The van der Waals surface area contributed by atoms with E-state index in [-0.39, 0.29) is 23.4 Å². The smallest absolute Gasteiger partial charge is 0.244 e. The summed E-state index contributed by atoms with van der Waals surface area (Å²) in [5.74, 6) is -0.511. The second kappa shape index (κ2) is 6.80. The number of amides is 1. The molecule has 0 aliphatic heterocycles. The molecule has 0 fully saturated rings. The van der Waals surface area contributed by atoms with E-state index in [1.54, 1.807) is 30.1 Å². The number of aromatic hydroxyl groups is 2. The first kappa shape index (κ1) is 15.6. The van der Waals surface area contributed by atoms with E-state index in [9.17, 15) is 15.0 Å². The zero-order valence-electron chi connectivity index (χ0n) is 12.5. The molecule has 6 heteroatoms. The fourth-order valence-electron chi connectivity index (χ4n) is 2.10. The Hall–Kier alpha value is -2.76. The lowest BCUT2D eigenvalue weighted by Crippen LogP contribution is -2.32. The molecule has 1 atom stereocenters. The molecular weight excluding hydrogens is 282 g/mol. The van der Waals surface area contributed by atoms with E-state index in [2.05, 4.69) is 10.4 Å². The summed E-state index contributed by atoms with van der Waals surface area (Å²) in [4.78, 5) is 11.9. The number of hydrogen-bond acceptors (Lipinski definition) is 4. The van der Waals surface area contributed by atoms with Gasteiger partial charge in [-0.05, 0) is 43.2 Å². The first-order valence-corrected chi connectivity index (χ1v) is 6.93. The fraction of sp³-hybridized carbons (Fsp3) is 0.250. The van der Waals surface area contributed by atoms with Crippen LogP contribution in [0.3, 0.4) is 0 Å². The lowest BCUT2D eigenvalue weighted by molar-refractivity contribution is -0.117. The number of benzene rings is 1. The van der Waals surface area contributed by atoms with Crippen LogP contribution >= 0.6 is 0 Å². The van der Waals surface area contributed by atoms with Gasteiger partial charge in [-0.2, -0.15) is 5.10 Å². The van der Waals surface area contributed by atoms with Crippen LogP contribution in [-0.4, -0.2) is 31.9 Å². The number of nitrogens with zero attached hydrogens (tertiary/aromatic N) is 2. The Morgan fingerprint density at radius 3 is 2.77 bits per heavy atom. The third-order valence-electron chi connectivity index (χ3n) is 3.23. The van der Waals surface area contributed by atoms with Crippen molar-refractivity contribution >= 4 is 12.0 Å². The Balaban J connectivity index is 1.89. The summed E-state index contributed by atoms with van der Waals surface area (Å²) in [6, 6.07) is 6.34. The topological polar surface area (TPSA) is 87.4 Å². The van der Waals surface area contributed by atoms with Crippen LogP contribution in [0.4, 0.5) is 0 Å². The molecule has 6 nitrogen and oxygen atoms in total. The highest BCUT2D eigenvalue weighted by atomic mass is 16.3. The molecule has 0 spiro atoms. The van der Waals surface area contributed by atoms with Crippen LogP contribution in [0.25, 0.3) is 6.08 Å². The number of aromatic nitrogens is 2. The maximum Gasteiger partial charge on any atom is 0.244 e. The molecule has 0 aliphatic carbocycles. The van der Waals surface area contributed by atoms with Gasteiger partial charge >= 0.3 is 0 Å². The normalized spacial score (nSPS) is 12.5. The van der Waals surface area contributed by atoms with Crippen LogP contribution in [0, 0.1) is 0 Å². The molecule has 1 heterocycles. The highest BCUT2D eigenvalue weighted by Gasteiger charge is 2.08. The van der Waals surface area contributed by atoms with Gasteiger partial charge in [0.15, 0.2) is 11.5 Å². The molecule has 0 bridgehead atoms. The highest BCUT2D eigenvalue weighted by molar-refractivity contribution is 5.91. The summed E-state index contributed by atoms with van der Waals surface area (Å²) in [7, 11) is 1.80. The van der Waals surface area contributed by atoms with E-state index in [0.29, 0.717) is 6.42 Å². The molecule has 1 amide bonds. The van der Waals surface area contributed by atoms with Crippen LogP contribution in [0.1, 0.15) is 18.2 Å². The summed E-state index contributed by atoms with van der Waals surface area (Å²) in [5, 5.41) is 25.6. The van der Waals surface area contributed by atoms with Crippen molar-refractivity contribution < 1.29 is 15.0 Å². The average molecular weight is 301 g/mol. The van der Waals surface area contributed by atoms with Crippen molar-refractivity contribution in [1.82, 2.24) is 15.1 Å². The van der Waals surface area contributed by atoms with Crippen molar-refractivity contribution in [1.29, 1.82) is 0 Å². The van der Waals surface area contributed by atoms with E-state index in [1.807, 2.05) is 13.0 Å². The molecular formula is C16H19N3O3. The van der Waals surface area contributed by atoms with Crippen molar-refractivity contribution in [2.45, 2.75) is 19.4 Å². The number of nitrogens with one attached hydrogen (secondary N) is 1. The van der Waals surface area contributed by atoms with Gasteiger partial charge in [0.2, 0.25) is 5.91 Å². The molecule has 116 valence electrons. The van der Waals surface area contributed by atoms with Gasteiger partial charge in [0.05, 0.1) is 5.69 Å². The zero-order valence-corrected chi connectivity index (χ0v) is 12.5. The largest absolute Gasteiger partial charge is 0.504 e. The van der Waals surface area contributed by atoms with Crippen LogP contribution in [-0.2, 0) is 18.3 Å². The minimum atomic E-state index is -0.197. The van der Waals surface area contributed by atoms with E-state index >= 15 is 0 Å². The molecule has 2 aromatic rings.